The maximum Gasteiger partial charge on any atom is 0.120 e. The average molecular weight is 379 g/mol. The van der Waals surface area contributed by atoms with Crippen molar-refractivity contribution in [3.8, 4) is 5.75 Å². The van der Waals surface area contributed by atoms with Crippen molar-refractivity contribution >= 4 is 10.8 Å². The van der Waals surface area contributed by atoms with E-state index in [0.29, 0.717) is 5.25 Å². The third kappa shape index (κ3) is 5.80. The van der Waals surface area contributed by atoms with Crippen LogP contribution in [0.3, 0.4) is 0 Å². The third-order valence-corrected chi connectivity index (χ3v) is 7.36. The predicted molar refractivity (Wildman–Crippen MR) is 108 cm³/mol. The topological polar surface area (TPSA) is 41.6 Å². The summed E-state index contributed by atoms with van der Waals surface area (Å²) in [5.41, 5.74) is -0.199. The highest BCUT2D eigenvalue weighted by molar-refractivity contribution is 7.85. The number of nitrogens with one attached hydrogen (secondary N) is 1. The number of ether oxygens (including phenoxy) is 1. The molecule has 1 aliphatic carbocycles. The van der Waals surface area contributed by atoms with Gasteiger partial charge in [0.2, 0.25) is 0 Å². The van der Waals surface area contributed by atoms with Crippen molar-refractivity contribution in [3.63, 3.8) is 0 Å². The molecule has 1 aromatic rings. The fraction of sp³-hybridized carbons (Fsp3) is 0.714. The maximum absolute atomic E-state index is 12.7. The number of hydrogen-bond acceptors (Lipinski definition) is 4. The van der Waals surface area contributed by atoms with Gasteiger partial charge in [-0.2, -0.15) is 0 Å². The highest BCUT2D eigenvalue weighted by Gasteiger charge is 2.23. The van der Waals surface area contributed by atoms with Gasteiger partial charge >= 0.3 is 0 Å². The Hall–Kier alpha value is -0.910. The van der Waals surface area contributed by atoms with Gasteiger partial charge in [0, 0.05) is 42.9 Å². The minimum atomic E-state index is -0.876. The lowest BCUT2D eigenvalue weighted by atomic mass is 10.0. The van der Waals surface area contributed by atoms with Crippen LogP contribution in [0.25, 0.3) is 0 Å². The van der Waals surface area contributed by atoms with Crippen LogP contribution >= 0.6 is 0 Å². The average Bonchev–Trinajstić information content (AvgIpc) is 2.68. The molecule has 1 unspecified atom stereocenters. The Balaban J connectivity index is 1.51. The Kier molecular flexibility index (Phi) is 7.12. The summed E-state index contributed by atoms with van der Waals surface area (Å²) in [5.74, 6) is 0.875. The van der Waals surface area contributed by atoms with E-state index in [1.165, 1.54) is 19.3 Å². The molecule has 3 rings (SSSR count). The van der Waals surface area contributed by atoms with Crippen molar-refractivity contribution in [2.45, 2.75) is 68.1 Å². The maximum atomic E-state index is 12.7. The lowest BCUT2D eigenvalue weighted by Crippen LogP contribution is -2.45. The summed E-state index contributed by atoms with van der Waals surface area (Å²) in [6.45, 7) is 9.79. The van der Waals surface area contributed by atoms with Crippen LogP contribution in [-0.2, 0) is 10.8 Å². The zero-order chi connectivity index (χ0) is 18.4. The summed E-state index contributed by atoms with van der Waals surface area (Å²) in [6.07, 6.45) is 6.94. The van der Waals surface area contributed by atoms with Gasteiger partial charge in [0.25, 0.3) is 0 Å². The minimum Gasteiger partial charge on any atom is -0.488 e. The summed E-state index contributed by atoms with van der Waals surface area (Å²) in [6, 6.07) is 7.96. The Bertz CT molecular complexity index is 576. The van der Waals surface area contributed by atoms with E-state index in [4.69, 9.17) is 4.74 Å². The van der Waals surface area contributed by atoms with Crippen LogP contribution in [0.5, 0.6) is 5.75 Å². The zero-order valence-corrected chi connectivity index (χ0v) is 17.2. The first-order valence-corrected chi connectivity index (χ1v) is 11.4. The molecule has 2 fully saturated rings. The van der Waals surface area contributed by atoms with Gasteiger partial charge in [0.1, 0.15) is 11.4 Å². The Morgan fingerprint density at radius 2 is 1.77 bits per heavy atom. The summed E-state index contributed by atoms with van der Waals surface area (Å²) in [5, 5.41) is 3.73. The van der Waals surface area contributed by atoms with Crippen molar-refractivity contribution in [2.24, 2.45) is 0 Å². The fourth-order valence-corrected chi connectivity index (χ4v) is 5.40. The molecule has 26 heavy (non-hydrogen) atoms. The van der Waals surface area contributed by atoms with Gasteiger partial charge in [-0.05, 0) is 57.4 Å². The molecular weight excluding hydrogens is 344 g/mol. The number of benzene rings is 1. The van der Waals surface area contributed by atoms with Gasteiger partial charge in [0.15, 0.2) is 0 Å². The van der Waals surface area contributed by atoms with Crippen LogP contribution in [0.15, 0.2) is 29.2 Å². The zero-order valence-electron chi connectivity index (χ0n) is 16.3. The van der Waals surface area contributed by atoms with Crippen LogP contribution < -0.4 is 10.1 Å². The van der Waals surface area contributed by atoms with E-state index >= 15 is 0 Å². The molecule has 5 heteroatoms. The van der Waals surface area contributed by atoms with Crippen LogP contribution in [0.2, 0.25) is 0 Å². The smallest absolute Gasteiger partial charge is 0.120 e. The Labute approximate surface area is 161 Å². The van der Waals surface area contributed by atoms with Crippen molar-refractivity contribution in [1.82, 2.24) is 10.2 Å². The van der Waals surface area contributed by atoms with E-state index in [2.05, 4.69) is 24.1 Å². The molecule has 0 amide bonds. The molecule has 1 heterocycles. The SMILES string of the molecule is CC(C)(CCN1CCNCC1)Oc1ccc(S(=O)C2CCCCC2)cc1. The molecule has 146 valence electrons. The van der Waals surface area contributed by atoms with Crippen molar-refractivity contribution < 1.29 is 8.95 Å². The first-order chi connectivity index (χ1) is 12.5. The molecule has 1 saturated heterocycles. The Morgan fingerprint density at radius 1 is 1.12 bits per heavy atom. The van der Waals surface area contributed by atoms with Crippen molar-refractivity contribution in [1.29, 1.82) is 0 Å². The van der Waals surface area contributed by atoms with Crippen LogP contribution in [0.4, 0.5) is 0 Å². The van der Waals surface area contributed by atoms with E-state index in [1.54, 1.807) is 0 Å². The van der Waals surface area contributed by atoms with Crippen LogP contribution in [0.1, 0.15) is 52.4 Å². The van der Waals surface area contributed by atoms with E-state index in [1.807, 2.05) is 24.3 Å². The van der Waals surface area contributed by atoms with Crippen molar-refractivity contribution in [2.75, 3.05) is 32.7 Å². The van der Waals surface area contributed by atoms with Gasteiger partial charge in [-0.1, -0.05) is 19.3 Å². The second-order valence-electron chi connectivity index (χ2n) is 8.23. The lowest BCUT2D eigenvalue weighted by Gasteiger charge is -2.32. The highest BCUT2D eigenvalue weighted by atomic mass is 32.2. The van der Waals surface area contributed by atoms with E-state index in [9.17, 15) is 4.21 Å². The molecule has 2 aliphatic rings. The molecule has 1 aliphatic heterocycles. The molecule has 1 saturated carbocycles. The first kappa shape index (κ1) is 19.8. The predicted octanol–water partition coefficient (Wildman–Crippen LogP) is 3.58. The summed E-state index contributed by atoms with van der Waals surface area (Å²) >= 11 is 0. The molecule has 1 atom stereocenters. The normalized spacial score (nSPS) is 21.5. The van der Waals surface area contributed by atoms with Crippen molar-refractivity contribution in [3.05, 3.63) is 24.3 Å². The third-order valence-electron chi connectivity index (χ3n) is 5.54. The van der Waals surface area contributed by atoms with E-state index in [0.717, 1.165) is 62.6 Å². The van der Waals surface area contributed by atoms with E-state index < -0.39 is 10.8 Å². The van der Waals surface area contributed by atoms with Gasteiger partial charge in [-0.25, -0.2) is 0 Å². The van der Waals surface area contributed by atoms with Gasteiger partial charge in [-0.15, -0.1) is 0 Å². The molecule has 4 nitrogen and oxygen atoms in total. The second-order valence-corrected chi connectivity index (χ2v) is 9.97. The van der Waals surface area contributed by atoms with Crippen LogP contribution in [-0.4, -0.2) is 52.7 Å². The molecule has 0 spiro atoms. The quantitative estimate of drug-likeness (QED) is 0.787. The highest BCUT2D eigenvalue weighted by Crippen LogP contribution is 2.28. The largest absolute Gasteiger partial charge is 0.488 e. The standard InChI is InChI=1S/C21H34N2O2S/c1-21(2,12-15-23-16-13-22-14-17-23)25-18-8-10-20(11-9-18)26(24)19-6-4-3-5-7-19/h8-11,19,22H,3-7,12-17H2,1-2H3. The fourth-order valence-electron chi connectivity index (χ4n) is 3.85. The van der Waals surface area contributed by atoms with Gasteiger partial charge in [0.05, 0.1) is 10.8 Å². The molecular formula is C21H34N2O2S. The number of rotatable bonds is 7. The summed E-state index contributed by atoms with van der Waals surface area (Å²) < 4.78 is 19.0. The molecule has 1 aromatic carbocycles. The minimum absolute atomic E-state index is 0.199. The molecule has 1 N–H and O–H groups in total. The van der Waals surface area contributed by atoms with Crippen LogP contribution in [0, 0.1) is 0 Å². The summed E-state index contributed by atoms with van der Waals surface area (Å²) in [7, 11) is -0.876. The van der Waals surface area contributed by atoms with Gasteiger partial charge in [-0.3, -0.25) is 4.21 Å². The summed E-state index contributed by atoms with van der Waals surface area (Å²) in [4.78, 5) is 3.45. The monoisotopic (exact) mass is 378 g/mol. The number of piperazine rings is 1. The van der Waals surface area contributed by atoms with Gasteiger partial charge < -0.3 is 15.0 Å². The molecule has 0 bridgehead atoms. The Morgan fingerprint density at radius 3 is 2.42 bits per heavy atom. The second kappa shape index (κ2) is 9.34. The first-order valence-electron chi connectivity index (χ1n) is 10.2. The number of nitrogens with zero attached hydrogens (tertiary/aromatic N) is 1. The van der Waals surface area contributed by atoms with E-state index in [-0.39, 0.29) is 5.60 Å². The lowest BCUT2D eigenvalue weighted by molar-refractivity contribution is 0.0808. The number of hydrogen-bond donors (Lipinski definition) is 1. The molecule has 0 aromatic heterocycles. The molecule has 0 radical (unpaired) electrons.